The monoisotopic (exact) mass is 327 g/mol. The highest BCUT2D eigenvalue weighted by Gasteiger charge is 2.31. The van der Waals surface area contributed by atoms with E-state index in [1.165, 1.54) is 0 Å². The highest BCUT2D eigenvalue weighted by atomic mass is 35.5. The topological polar surface area (TPSA) is 56.6 Å². The molecule has 0 N–H and O–H groups in total. The summed E-state index contributed by atoms with van der Waals surface area (Å²) in [5, 5.41) is 4.96. The van der Waals surface area contributed by atoms with Crippen molar-refractivity contribution in [2.45, 2.75) is 39.5 Å². The SMILES string of the molecule is Cc1nn(CC(=O)N2CCC(C3OCCO3)CC2)c(C)c1Cl. The van der Waals surface area contributed by atoms with E-state index in [1.807, 2.05) is 18.7 Å². The van der Waals surface area contributed by atoms with Crippen molar-refractivity contribution >= 4 is 17.5 Å². The molecule has 0 unspecified atom stereocenters. The van der Waals surface area contributed by atoms with Crippen LogP contribution in [-0.4, -0.2) is 53.2 Å². The van der Waals surface area contributed by atoms with E-state index < -0.39 is 0 Å². The van der Waals surface area contributed by atoms with Gasteiger partial charge in [0.2, 0.25) is 5.91 Å². The fourth-order valence-electron chi connectivity index (χ4n) is 3.13. The molecule has 2 fully saturated rings. The van der Waals surface area contributed by atoms with Crippen LogP contribution in [0.4, 0.5) is 0 Å². The van der Waals surface area contributed by atoms with Gasteiger partial charge < -0.3 is 14.4 Å². The van der Waals surface area contributed by atoms with E-state index in [2.05, 4.69) is 5.10 Å². The van der Waals surface area contributed by atoms with Crippen LogP contribution < -0.4 is 0 Å². The molecule has 3 heterocycles. The third-order valence-corrected chi connectivity index (χ3v) is 5.05. The molecule has 0 bridgehead atoms. The molecule has 6 nitrogen and oxygen atoms in total. The van der Waals surface area contributed by atoms with Gasteiger partial charge in [-0.1, -0.05) is 11.6 Å². The van der Waals surface area contributed by atoms with Crippen molar-refractivity contribution in [1.29, 1.82) is 0 Å². The highest BCUT2D eigenvalue weighted by Crippen LogP contribution is 2.26. The van der Waals surface area contributed by atoms with Gasteiger partial charge in [-0.15, -0.1) is 0 Å². The summed E-state index contributed by atoms with van der Waals surface area (Å²) in [6, 6.07) is 0. The number of carbonyl (C=O) groups excluding carboxylic acids is 1. The zero-order valence-corrected chi connectivity index (χ0v) is 13.8. The number of rotatable bonds is 3. The maximum atomic E-state index is 12.4. The fraction of sp³-hybridized carbons (Fsp3) is 0.733. The van der Waals surface area contributed by atoms with Gasteiger partial charge in [-0.2, -0.15) is 5.10 Å². The largest absolute Gasteiger partial charge is 0.350 e. The molecule has 0 spiro atoms. The van der Waals surface area contributed by atoms with Crippen molar-refractivity contribution in [3.05, 3.63) is 16.4 Å². The highest BCUT2D eigenvalue weighted by molar-refractivity contribution is 6.31. The van der Waals surface area contributed by atoms with Crippen molar-refractivity contribution in [2.24, 2.45) is 5.92 Å². The van der Waals surface area contributed by atoms with Crippen LogP contribution in [0.15, 0.2) is 0 Å². The van der Waals surface area contributed by atoms with Crippen LogP contribution in [0.1, 0.15) is 24.2 Å². The lowest BCUT2D eigenvalue weighted by Gasteiger charge is -2.33. The summed E-state index contributed by atoms with van der Waals surface area (Å²) >= 11 is 6.12. The molecule has 22 heavy (non-hydrogen) atoms. The van der Waals surface area contributed by atoms with Gasteiger partial charge in [-0.05, 0) is 26.7 Å². The number of aromatic nitrogens is 2. The van der Waals surface area contributed by atoms with Crippen LogP contribution in [0, 0.1) is 19.8 Å². The Bertz CT molecular complexity index is 546. The second-order valence-corrected chi connectivity index (χ2v) is 6.35. The molecule has 1 amide bonds. The number of likely N-dealkylation sites (tertiary alicyclic amines) is 1. The van der Waals surface area contributed by atoms with Crippen molar-refractivity contribution in [2.75, 3.05) is 26.3 Å². The van der Waals surface area contributed by atoms with E-state index in [4.69, 9.17) is 21.1 Å². The Kier molecular flexibility index (Phi) is 4.70. The van der Waals surface area contributed by atoms with Gasteiger partial charge in [0.1, 0.15) is 6.54 Å². The first-order chi connectivity index (χ1) is 10.6. The minimum Gasteiger partial charge on any atom is -0.350 e. The van der Waals surface area contributed by atoms with E-state index in [-0.39, 0.29) is 18.7 Å². The van der Waals surface area contributed by atoms with Gasteiger partial charge in [0.25, 0.3) is 0 Å². The number of ether oxygens (including phenoxy) is 2. The molecule has 1 aromatic rings. The normalized spacial score (nSPS) is 20.8. The Morgan fingerprint density at radius 3 is 2.45 bits per heavy atom. The zero-order valence-electron chi connectivity index (χ0n) is 13.0. The second kappa shape index (κ2) is 6.56. The second-order valence-electron chi connectivity index (χ2n) is 5.97. The standard InChI is InChI=1S/C15H22ClN3O3/c1-10-14(16)11(2)19(17-10)9-13(20)18-5-3-12(4-6-18)15-21-7-8-22-15/h12,15H,3-9H2,1-2H3. The molecule has 0 radical (unpaired) electrons. The van der Waals surface area contributed by atoms with E-state index in [9.17, 15) is 4.79 Å². The van der Waals surface area contributed by atoms with E-state index in [1.54, 1.807) is 4.68 Å². The molecular weight excluding hydrogens is 306 g/mol. The molecule has 2 aliphatic heterocycles. The lowest BCUT2D eigenvalue weighted by atomic mass is 9.96. The lowest BCUT2D eigenvalue weighted by molar-refractivity contribution is -0.137. The Morgan fingerprint density at radius 1 is 1.27 bits per heavy atom. The van der Waals surface area contributed by atoms with Gasteiger partial charge >= 0.3 is 0 Å². The zero-order chi connectivity index (χ0) is 15.7. The molecule has 2 aliphatic rings. The summed E-state index contributed by atoms with van der Waals surface area (Å²) in [5.41, 5.74) is 1.61. The number of carbonyl (C=O) groups is 1. The van der Waals surface area contributed by atoms with Crippen LogP contribution in [0.25, 0.3) is 0 Å². The van der Waals surface area contributed by atoms with Crippen molar-refractivity contribution in [3.8, 4) is 0 Å². The predicted octanol–water partition coefficient (Wildman–Crippen LogP) is 1.76. The number of piperidine rings is 1. The van der Waals surface area contributed by atoms with Crippen LogP contribution in [-0.2, 0) is 20.8 Å². The van der Waals surface area contributed by atoms with Crippen LogP contribution in [0.3, 0.4) is 0 Å². The average molecular weight is 328 g/mol. The van der Waals surface area contributed by atoms with E-state index in [0.29, 0.717) is 24.2 Å². The maximum Gasteiger partial charge on any atom is 0.244 e. The molecule has 122 valence electrons. The summed E-state index contributed by atoms with van der Waals surface area (Å²) in [4.78, 5) is 14.3. The van der Waals surface area contributed by atoms with Gasteiger partial charge in [-0.25, -0.2) is 0 Å². The fourth-order valence-corrected chi connectivity index (χ4v) is 3.26. The third kappa shape index (κ3) is 3.14. The number of halogens is 1. The first-order valence-corrected chi connectivity index (χ1v) is 8.14. The third-order valence-electron chi connectivity index (χ3n) is 4.50. The summed E-state index contributed by atoms with van der Waals surface area (Å²) in [6.07, 6.45) is 1.77. The van der Waals surface area contributed by atoms with Crippen molar-refractivity contribution in [3.63, 3.8) is 0 Å². The molecular formula is C15H22ClN3O3. The lowest BCUT2D eigenvalue weighted by Crippen LogP contribution is -2.43. The van der Waals surface area contributed by atoms with E-state index >= 15 is 0 Å². The Balaban J connectivity index is 1.54. The Labute approximate surface area is 135 Å². The average Bonchev–Trinajstić information content (AvgIpc) is 3.13. The first kappa shape index (κ1) is 15.8. The van der Waals surface area contributed by atoms with Crippen molar-refractivity contribution in [1.82, 2.24) is 14.7 Å². The molecule has 2 saturated heterocycles. The molecule has 1 aromatic heterocycles. The molecule has 0 saturated carbocycles. The molecule has 0 atom stereocenters. The van der Waals surface area contributed by atoms with E-state index in [0.717, 1.165) is 37.3 Å². The number of hydrogen-bond acceptors (Lipinski definition) is 4. The van der Waals surface area contributed by atoms with Crippen LogP contribution in [0.5, 0.6) is 0 Å². The summed E-state index contributed by atoms with van der Waals surface area (Å²) < 4.78 is 12.8. The quantitative estimate of drug-likeness (QED) is 0.849. The molecule has 3 rings (SSSR count). The van der Waals surface area contributed by atoms with Crippen molar-refractivity contribution < 1.29 is 14.3 Å². The smallest absolute Gasteiger partial charge is 0.244 e. The Hall–Kier alpha value is -1.11. The molecule has 0 aliphatic carbocycles. The van der Waals surface area contributed by atoms with Gasteiger partial charge in [0.15, 0.2) is 6.29 Å². The summed E-state index contributed by atoms with van der Waals surface area (Å²) in [7, 11) is 0. The van der Waals surface area contributed by atoms with Gasteiger partial charge in [0.05, 0.1) is 29.6 Å². The van der Waals surface area contributed by atoms with Crippen LogP contribution in [0.2, 0.25) is 5.02 Å². The minimum atomic E-state index is -0.0768. The molecule has 7 heteroatoms. The predicted molar refractivity (Wildman–Crippen MR) is 81.7 cm³/mol. The maximum absolute atomic E-state index is 12.4. The Morgan fingerprint density at radius 2 is 1.91 bits per heavy atom. The van der Waals surface area contributed by atoms with Gasteiger partial charge in [-0.3, -0.25) is 9.48 Å². The summed E-state index contributed by atoms with van der Waals surface area (Å²) in [5.74, 6) is 0.489. The first-order valence-electron chi connectivity index (χ1n) is 7.76. The number of hydrogen-bond donors (Lipinski definition) is 0. The van der Waals surface area contributed by atoms with Gasteiger partial charge in [0, 0.05) is 19.0 Å². The number of amides is 1. The number of aryl methyl sites for hydroxylation is 1. The minimum absolute atomic E-state index is 0.0768. The van der Waals surface area contributed by atoms with Crippen LogP contribution >= 0.6 is 11.6 Å². The molecule has 0 aromatic carbocycles. The number of nitrogens with zero attached hydrogens (tertiary/aromatic N) is 3. The summed E-state index contributed by atoms with van der Waals surface area (Å²) in [6.45, 7) is 6.85.